The summed E-state index contributed by atoms with van der Waals surface area (Å²) in [5.41, 5.74) is 2.97. The van der Waals surface area contributed by atoms with Crippen LogP contribution >= 0.6 is 0 Å². The fourth-order valence-corrected chi connectivity index (χ4v) is 3.82. The summed E-state index contributed by atoms with van der Waals surface area (Å²) in [6, 6.07) is 13.8. The molecule has 2 aromatic rings. The highest BCUT2D eigenvalue weighted by Gasteiger charge is 2.41. The van der Waals surface area contributed by atoms with E-state index in [4.69, 9.17) is 19.5 Å². The maximum absolute atomic E-state index is 9.11. The predicted molar refractivity (Wildman–Crippen MR) is 118 cm³/mol. The molecule has 7 heteroatoms. The highest BCUT2D eigenvalue weighted by molar-refractivity contribution is 5.50. The largest absolute Gasteiger partial charge is 0.475 e. The third-order valence-corrected chi connectivity index (χ3v) is 5.67. The van der Waals surface area contributed by atoms with E-state index in [1.807, 2.05) is 56.4 Å². The van der Waals surface area contributed by atoms with Crippen molar-refractivity contribution in [1.82, 2.24) is 10.3 Å². The van der Waals surface area contributed by atoms with Gasteiger partial charge in [-0.25, -0.2) is 4.98 Å². The first-order chi connectivity index (χ1) is 15.0. The van der Waals surface area contributed by atoms with Crippen molar-refractivity contribution in [1.29, 1.82) is 5.26 Å². The van der Waals surface area contributed by atoms with E-state index in [1.54, 1.807) is 0 Å². The number of benzene rings is 1. The molecule has 0 amide bonds. The molecule has 0 saturated carbocycles. The summed E-state index contributed by atoms with van der Waals surface area (Å²) >= 11 is 0. The normalized spacial score (nSPS) is 17.9. The lowest BCUT2D eigenvalue weighted by Crippen LogP contribution is -2.61. The van der Waals surface area contributed by atoms with Gasteiger partial charge in [0.15, 0.2) is 6.29 Å². The van der Waals surface area contributed by atoms with Crippen molar-refractivity contribution in [2.75, 3.05) is 37.7 Å². The molecule has 0 bridgehead atoms. The molecule has 0 unspecified atom stereocenters. The molecular weight excluding hydrogens is 392 g/mol. The molecule has 1 aromatic carbocycles. The second-order valence-electron chi connectivity index (χ2n) is 8.70. The Balaban J connectivity index is 1.40. The van der Waals surface area contributed by atoms with Gasteiger partial charge in [0.1, 0.15) is 0 Å². The van der Waals surface area contributed by atoms with Crippen LogP contribution in [0.2, 0.25) is 0 Å². The van der Waals surface area contributed by atoms with Crippen LogP contribution in [0.25, 0.3) is 0 Å². The summed E-state index contributed by atoms with van der Waals surface area (Å²) in [4.78, 5) is 6.69. The number of nitrogens with one attached hydrogen (secondary N) is 1. The second kappa shape index (κ2) is 9.65. The number of pyridine rings is 1. The molecule has 3 heterocycles. The summed E-state index contributed by atoms with van der Waals surface area (Å²) in [6.45, 7) is 8.89. The molecule has 164 valence electrons. The number of rotatable bonds is 8. The van der Waals surface area contributed by atoms with Gasteiger partial charge in [0.05, 0.1) is 31.0 Å². The Hall–Kier alpha value is -2.66. The Kier molecular flexibility index (Phi) is 6.71. The van der Waals surface area contributed by atoms with Crippen LogP contribution in [-0.2, 0) is 16.0 Å². The van der Waals surface area contributed by atoms with Crippen molar-refractivity contribution in [2.45, 2.75) is 39.2 Å². The summed E-state index contributed by atoms with van der Waals surface area (Å²) in [5, 5.41) is 12.4. The van der Waals surface area contributed by atoms with Gasteiger partial charge in [0, 0.05) is 56.0 Å². The van der Waals surface area contributed by atoms with E-state index in [-0.39, 0.29) is 17.8 Å². The van der Waals surface area contributed by atoms with Gasteiger partial charge in [-0.3, -0.25) is 0 Å². The fraction of sp³-hybridized carbons (Fsp3) is 0.500. The quantitative estimate of drug-likeness (QED) is 0.700. The van der Waals surface area contributed by atoms with Crippen molar-refractivity contribution >= 4 is 5.69 Å². The van der Waals surface area contributed by atoms with Crippen molar-refractivity contribution < 1.29 is 14.2 Å². The lowest BCUT2D eigenvalue weighted by Gasteiger charge is -2.46. The summed E-state index contributed by atoms with van der Waals surface area (Å²) in [6.07, 6.45) is 2.53. The Morgan fingerprint density at radius 2 is 1.94 bits per heavy atom. The van der Waals surface area contributed by atoms with E-state index in [0.717, 1.165) is 50.5 Å². The smallest absolute Gasteiger partial charge is 0.213 e. The topological polar surface area (TPSA) is 79.6 Å². The van der Waals surface area contributed by atoms with Gasteiger partial charge in [-0.05, 0) is 43.7 Å². The third kappa shape index (κ3) is 5.53. The van der Waals surface area contributed by atoms with Crippen LogP contribution < -0.4 is 15.0 Å². The molecular formula is C24H30N4O3. The first-order valence-corrected chi connectivity index (χ1v) is 10.9. The summed E-state index contributed by atoms with van der Waals surface area (Å²) in [5.74, 6) is 0.632. The number of nitriles is 1. The van der Waals surface area contributed by atoms with Crippen LogP contribution in [-0.4, -0.2) is 50.2 Å². The highest BCUT2D eigenvalue weighted by Crippen LogP contribution is 2.30. The summed E-state index contributed by atoms with van der Waals surface area (Å²) < 4.78 is 17.7. The molecule has 2 fully saturated rings. The number of ether oxygens (including phenoxy) is 3. The number of aromatic nitrogens is 1. The number of nitrogens with zero attached hydrogens (tertiary/aromatic N) is 3. The zero-order chi connectivity index (χ0) is 21.7. The Morgan fingerprint density at radius 1 is 1.19 bits per heavy atom. The standard InChI is InChI=1S/C24H30N4O3/c1-18(2)31-22-8-5-20(12-27-22)13-28(21-6-3-19(11-25)4-7-21)10-9-23-29-16-24(17-30-23)14-26-15-24/h3-8,12,18,23,26H,9-10,13-17H2,1-2H3. The first-order valence-electron chi connectivity index (χ1n) is 10.9. The van der Waals surface area contributed by atoms with Gasteiger partial charge >= 0.3 is 0 Å². The molecule has 31 heavy (non-hydrogen) atoms. The molecule has 2 aliphatic heterocycles. The van der Waals surface area contributed by atoms with Crippen molar-refractivity contribution in [3.8, 4) is 11.9 Å². The summed E-state index contributed by atoms with van der Waals surface area (Å²) in [7, 11) is 0. The zero-order valence-electron chi connectivity index (χ0n) is 18.2. The third-order valence-electron chi connectivity index (χ3n) is 5.67. The minimum atomic E-state index is -0.188. The van der Waals surface area contributed by atoms with Crippen molar-refractivity contribution in [3.63, 3.8) is 0 Å². The molecule has 2 aliphatic rings. The Morgan fingerprint density at radius 3 is 2.48 bits per heavy atom. The molecule has 0 radical (unpaired) electrons. The fourth-order valence-electron chi connectivity index (χ4n) is 3.82. The number of hydrogen-bond donors (Lipinski definition) is 1. The van der Waals surface area contributed by atoms with E-state index >= 15 is 0 Å². The van der Waals surface area contributed by atoms with Crippen LogP contribution in [0.1, 0.15) is 31.4 Å². The van der Waals surface area contributed by atoms with E-state index < -0.39 is 0 Å². The molecule has 4 rings (SSSR count). The van der Waals surface area contributed by atoms with Crippen molar-refractivity contribution in [3.05, 3.63) is 53.7 Å². The Labute approximate surface area is 183 Å². The van der Waals surface area contributed by atoms with Crippen LogP contribution in [0.15, 0.2) is 42.6 Å². The molecule has 1 aromatic heterocycles. The number of anilines is 1. The molecule has 1 N–H and O–H groups in total. The first kappa shape index (κ1) is 21.6. The van der Waals surface area contributed by atoms with Gasteiger partial charge < -0.3 is 24.4 Å². The molecule has 0 aliphatic carbocycles. The van der Waals surface area contributed by atoms with Gasteiger partial charge in [-0.1, -0.05) is 6.07 Å². The lowest BCUT2D eigenvalue weighted by atomic mass is 9.83. The zero-order valence-corrected chi connectivity index (χ0v) is 18.2. The van der Waals surface area contributed by atoms with Gasteiger partial charge in [0.25, 0.3) is 0 Å². The van der Waals surface area contributed by atoms with Crippen LogP contribution in [0.3, 0.4) is 0 Å². The molecule has 0 atom stereocenters. The minimum absolute atomic E-state index is 0.0962. The number of hydrogen-bond acceptors (Lipinski definition) is 7. The molecule has 1 spiro atoms. The average molecular weight is 423 g/mol. The Bertz CT molecular complexity index is 879. The maximum atomic E-state index is 9.11. The van der Waals surface area contributed by atoms with Gasteiger partial charge in [-0.2, -0.15) is 5.26 Å². The molecule has 2 saturated heterocycles. The monoisotopic (exact) mass is 422 g/mol. The predicted octanol–water partition coefficient (Wildman–Crippen LogP) is 3.10. The molecule has 7 nitrogen and oxygen atoms in total. The second-order valence-corrected chi connectivity index (χ2v) is 8.70. The van der Waals surface area contributed by atoms with E-state index in [1.165, 1.54) is 0 Å². The van der Waals surface area contributed by atoms with Crippen molar-refractivity contribution in [2.24, 2.45) is 5.41 Å². The highest BCUT2D eigenvalue weighted by atomic mass is 16.7. The average Bonchev–Trinajstić information content (AvgIpc) is 2.77. The van der Waals surface area contributed by atoms with Crippen LogP contribution in [0.4, 0.5) is 5.69 Å². The van der Waals surface area contributed by atoms with Gasteiger partial charge in [-0.15, -0.1) is 0 Å². The minimum Gasteiger partial charge on any atom is -0.475 e. The van der Waals surface area contributed by atoms with Crippen LogP contribution in [0, 0.1) is 16.7 Å². The van der Waals surface area contributed by atoms with Gasteiger partial charge in [0.2, 0.25) is 5.88 Å². The van der Waals surface area contributed by atoms with E-state index in [0.29, 0.717) is 18.0 Å². The van der Waals surface area contributed by atoms with Crippen LogP contribution in [0.5, 0.6) is 5.88 Å². The lowest BCUT2D eigenvalue weighted by molar-refractivity contribution is -0.239. The van der Waals surface area contributed by atoms with E-state index in [9.17, 15) is 0 Å². The SMILES string of the molecule is CC(C)Oc1ccc(CN(CCC2OCC3(CNC3)CO2)c2ccc(C#N)cc2)cn1. The van der Waals surface area contributed by atoms with E-state index in [2.05, 4.69) is 21.3 Å². The maximum Gasteiger partial charge on any atom is 0.213 e.